The number of rotatable bonds is 4. The van der Waals surface area contributed by atoms with Crippen LogP contribution in [0.15, 0.2) is 64.5 Å². The lowest BCUT2D eigenvalue weighted by Gasteiger charge is -2.21. The van der Waals surface area contributed by atoms with Crippen molar-refractivity contribution >= 4 is 39.8 Å². The zero-order valence-electron chi connectivity index (χ0n) is 14.2. The van der Waals surface area contributed by atoms with Crippen molar-refractivity contribution in [3.8, 4) is 0 Å². The lowest BCUT2D eigenvalue weighted by atomic mass is 10.1. The first kappa shape index (κ1) is 19.7. The Morgan fingerprint density at radius 3 is 2.36 bits per heavy atom. The molecule has 0 aliphatic carbocycles. The summed E-state index contributed by atoms with van der Waals surface area (Å²) in [6, 6.07) is 17.5. The lowest BCUT2D eigenvalue weighted by molar-refractivity contribution is 0.480. The number of aliphatic imine (C=N–C) groups is 1. The summed E-state index contributed by atoms with van der Waals surface area (Å²) >= 11 is 0. The zero-order chi connectivity index (χ0) is 17.2. The van der Waals surface area contributed by atoms with Gasteiger partial charge in [0.15, 0.2) is 15.8 Å². The van der Waals surface area contributed by atoms with E-state index in [-0.39, 0.29) is 30.0 Å². The fourth-order valence-corrected chi connectivity index (χ4v) is 3.35. The zero-order valence-corrected chi connectivity index (χ0v) is 17.4. The Bertz CT molecular complexity index is 836. The Hall–Kier alpha value is -1.61. The van der Waals surface area contributed by atoms with Crippen LogP contribution in [-0.2, 0) is 16.4 Å². The molecule has 134 valence electrons. The molecule has 7 heteroatoms. The lowest BCUT2D eigenvalue weighted by Crippen LogP contribution is -2.36. The highest BCUT2D eigenvalue weighted by Crippen LogP contribution is 2.18. The van der Waals surface area contributed by atoms with E-state index in [1.807, 2.05) is 42.3 Å². The molecule has 0 saturated carbocycles. The Labute approximate surface area is 166 Å². The quantitative estimate of drug-likeness (QED) is 0.697. The van der Waals surface area contributed by atoms with Crippen molar-refractivity contribution in [1.82, 2.24) is 10.2 Å². The van der Waals surface area contributed by atoms with Crippen molar-refractivity contribution in [2.45, 2.75) is 17.5 Å². The van der Waals surface area contributed by atoms with Crippen LogP contribution in [0.1, 0.15) is 17.2 Å². The number of hydrogen-bond acceptors (Lipinski definition) is 5. The van der Waals surface area contributed by atoms with Crippen molar-refractivity contribution in [3.05, 3.63) is 65.7 Å². The van der Waals surface area contributed by atoms with Crippen LogP contribution in [0.5, 0.6) is 0 Å². The number of benzene rings is 2. The van der Waals surface area contributed by atoms with Crippen molar-refractivity contribution in [3.63, 3.8) is 0 Å². The maximum Gasteiger partial charge on any atom is 0.194 e. The molecule has 1 heterocycles. The monoisotopic (exact) mass is 471 g/mol. The minimum Gasteiger partial charge on any atom is -0.348 e. The second-order valence-corrected chi connectivity index (χ2v) is 8.06. The molecule has 0 radical (unpaired) electrons. The second-order valence-electron chi connectivity index (χ2n) is 6.04. The van der Waals surface area contributed by atoms with E-state index in [9.17, 15) is 8.42 Å². The van der Waals surface area contributed by atoms with Crippen LogP contribution in [0.2, 0.25) is 0 Å². The van der Waals surface area contributed by atoms with E-state index in [1.165, 1.54) is 11.8 Å². The molecule has 5 nitrogen and oxygen atoms in total. The highest BCUT2D eigenvalue weighted by molar-refractivity contribution is 14.0. The number of nitrogens with one attached hydrogen (secondary N) is 1. The molecule has 0 saturated heterocycles. The molecule has 2 aromatic carbocycles. The molecule has 0 spiro atoms. The summed E-state index contributed by atoms with van der Waals surface area (Å²) in [5.74, 6) is 0.857. The average molecular weight is 471 g/mol. The first-order chi connectivity index (χ1) is 11.4. The van der Waals surface area contributed by atoms with Crippen LogP contribution in [0, 0.1) is 0 Å². The molecule has 1 atom stereocenters. The fraction of sp³-hybridized carbons (Fsp3) is 0.278. The van der Waals surface area contributed by atoms with Crippen LogP contribution < -0.4 is 5.32 Å². The van der Waals surface area contributed by atoms with Crippen molar-refractivity contribution < 1.29 is 8.42 Å². The summed E-state index contributed by atoms with van der Waals surface area (Å²) in [5, 5.41) is 3.44. The van der Waals surface area contributed by atoms with Gasteiger partial charge in [-0.1, -0.05) is 42.5 Å². The molecule has 2 aromatic rings. The third-order valence-electron chi connectivity index (χ3n) is 4.06. The van der Waals surface area contributed by atoms with Gasteiger partial charge >= 0.3 is 0 Å². The van der Waals surface area contributed by atoms with Crippen LogP contribution in [-0.4, -0.2) is 39.1 Å². The molecule has 0 amide bonds. The maximum atomic E-state index is 11.5. The molecule has 0 bridgehead atoms. The fourth-order valence-electron chi connectivity index (χ4n) is 2.72. The van der Waals surface area contributed by atoms with E-state index in [4.69, 9.17) is 0 Å². The van der Waals surface area contributed by atoms with E-state index in [1.54, 1.807) is 12.1 Å². The van der Waals surface area contributed by atoms with Crippen molar-refractivity contribution in [2.24, 2.45) is 4.99 Å². The summed E-state index contributed by atoms with van der Waals surface area (Å²) in [4.78, 5) is 6.96. The van der Waals surface area contributed by atoms with Crippen molar-refractivity contribution in [2.75, 3.05) is 19.8 Å². The highest BCUT2D eigenvalue weighted by atomic mass is 127. The molecular formula is C18H22IN3O2S. The number of hydrogen-bond donors (Lipinski definition) is 1. The standard InChI is InChI=1S/C18H21N3O2S.HI/c1-21(13-14-8-10-16(11-9-14)24(2,22)23)18-19-12-17(20-18)15-6-4-3-5-7-15;/h3-11,17H,12-13H2,1-2H3,(H,19,20);1H. The molecule has 25 heavy (non-hydrogen) atoms. The third-order valence-corrected chi connectivity index (χ3v) is 5.19. The van der Waals surface area contributed by atoms with Gasteiger partial charge in [-0.05, 0) is 23.3 Å². The first-order valence-corrected chi connectivity index (χ1v) is 9.69. The number of sulfone groups is 1. The Morgan fingerprint density at radius 2 is 1.76 bits per heavy atom. The van der Waals surface area contributed by atoms with Gasteiger partial charge in [0.25, 0.3) is 0 Å². The maximum absolute atomic E-state index is 11.5. The molecular weight excluding hydrogens is 449 g/mol. The van der Waals surface area contributed by atoms with E-state index < -0.39 is 9.84 Å². The topological polar surface area (TPSA) is 61.8 Å². The van der Waals surface area contributed by atoms with Gasteiger partial charge in [0.2, 0.25) is 0 Å². The molecule has 1 N–H and O–H groups in total. The third kappa shape index (κ3) is 4.94. The predicted octanol–water partition coefficient (Wildman–Crippen LogP) is 2.84. The second kappa shape index (κ2) is 8.18. The predicted molar refractivity (Wildman–Crippen MR) is 111 cm³/mol. The van der Waals surface area contributed by atoms with Crippen molar-refractivity contribution in [1.29, 1.82) is 0 Å². The summed E-state index contributed by atoms with van der Waals surface area (Å²) in [7, 11) is -1.18. The Balaban J connectivity index is 0.00000225. The van der Waals surface area contributed by atoms with Gasteiger partial charge in [-0.15, -0.1) is 24.0 Å². The van der Waals surface area contributed by atoms with E-state index in [0.717, 1.165) is 18.1 Å². The van der Waals surface area contributed by atoms with Crippen LogP contribution in [0.3, 0.4) is 0 Å². The van der Waals surface area contributed by atoms with Crippen LogP contribution in [0.4, 0.5) is 0 Å². The molecule has 1 aliphatic heterocycles. The number of guanidine groups is 1. The van der Waals surface area contributed by atoms with Gasteiger partial charge < -0.3 is 10.2 Å². The van der Waals surface area contributed by atoms with Gasteiger partial charge in [0, 0.05) is 19.8 Å². The minimum absolute atomic E-state index is 0. The van der Waals surface area contributed by atoms with Gasteiger partial charge in [0.05, 0.1) is 17.5 Å². The van der Waals surface area contributed by atoms with Crippen LogP contribution in [0.25, 0.3) is 0 Å². The molecule has 1 aliphatic rings. The first-order valence-electron chi connectivity index (χ1n) is 7.79. The van der Waals surface area contributed by atoms with Gasteiger partial charge in [-0.3, -0.25) is 4.99 Å². The average Bonchev–Trinajstić information content (AvgIpc) is 3.05. The minimum atomic E-state index is -3.15. The summed E-state index contributed by atoms with van der Waals surface area (Å²) < 4.78 is 23.0. The number of halogens is 1. The van der Waals surface area contributed by atoms with E-state index in [0.29, 0.717) is 11.4 Å². The molecule has 1 unspecified atom stereocenters. The van der Waals surface area contributed by atoms with Gasteiger partial charge in [0.1, 0.15) is 0 Å². The molecule has 3 rings (SSSR count). The largest absolute Gasteiger partial charge is 0.348 e. The Morgan fingerprint density at radius 1 is 1.12 bits per heavy atom. The normalized spacial score (nSPS) is 16.6. The molecule has 0 fully saturated rings. The van der Waals surface area contributed by atoms with E-state index in [2.05, 4.69) is 22.4 Å². The highest BCUT2D eigenvalue weighted by Gasteiger charge is 2.21. The summed E-state index contributed by atoms with van der Waals surface area (Å²) in [6.07, 6.45) is 1.22. The van der Waals surface area contributed by atoms with Gasteiger partial charge in [-0.2, -0.15) is 0 Å². The summed E-state index contributed by atoms with van der Waals surface area (Å²) in [6.45, 7) is 1.38. The Kier molecular flexibility index (Phi) is 6.45. The van der Waals surface area contributed by atoms with Gasteiger partial charge in [-0.25, -0.2) is 8.42 Å². The smallest absolute Gasteiger partial charge is 0.194 e. The SMILES string of the molecule is CN(Cc1ccc(S(C)(=O)=O)cc1)C1=NCC(c2ccccc2)N1.I. The molecule has 0 aromatic heterocycles. The van der Waals surface area contributed by atoms with E-state index >= 15 is 0 Å². The summed E-state index contributed by atoms with van der Waals surface area (Å²) in [5.41, 5.74) is 2.26. The van der Waals surface area contributed by atoms with Crippen LogP contribution >= 0.6 is 24.0 Å². The number of nitrogens with zero attached hydrogens (tertiary/aromatic N) is 2.